The van der Waals surface area contributed by atoms with Gasteiger partial charge in [-0.2, -0.15) is 0 Å². The summed E-state index contributed by atoms with van der Waals surface area (Å²) < 4.78 is -0.969. The minimum absolute atomic E-state index is 0.312. The third-order valence-corrected chi connectivity index (χ3v) is 3.08. The van der Waals surface area contributed by atoms with Crippen LogP contribution in [0.1, 0.15) is 13.3 Å². The van der Waals surface area contributed by atoms with E-state index in [0.717, 1.165) is 0 Å². The van der Waals surface area contributed by atoms with Crippen LogP contribution in [0.4, 0.5) is 0 Å². The van der Waals surface area contributed by atoms with Crippen molar-refractivity contribution in [3.8, 4) is 0 Å². The Morgan fingerprint density at radius 2 is 2.21 bits per heavy atom. The second kappa shape index (κ2) is 4.23. The molecule has 0 aromatic heterocycles. The van der Waals surface area contributed by atoms with Crippen LogP contribution in [-0.4, -0.2) is 39.2 Å². The van der Waals surface area contributed by atoms with Crippen LogP contribution in [0, 0.1) is 5.92 Å². The summed E-state index contributed by atoms with van der Waals surface area (Å²) >= 11 is 11.4. The molecule has 1 saturated carbocycles. The monoisotopic (exact) mass is 241 g/mol. The van der Waals surface area contributed by atoms with Gasteiger partial charge in [-0.25, -0.2) is 0 Å². The highest BCUT2D eigenvalue weighted by molar-refractivity contribution is 6.52. The summed E-state index contributed by atoms with van der Waals surface area (Å²) in [5.41, 5.74) is 0. The summed E-state index contributed by atoms with van der Waals surface area (Å²) in [6.07, 6.45) is -0.386. The van der Waals surface area contributed by atoms with Crippen molar-refractivity contribution in [3.05, 3.63) is 0 Å². The van der Waals surface area contributed by atoms with E-state index >= 15 is 0 Å². The summed E-state index contributed by atoms with van der Waals surface area (Å²) in [5, 5.41) is 20.5. The highest BCUT2D eigenvalue weighted by Crippen LogP contribution is 2.53. The van der Waals surface area contributed by atoms with Gasteiger partial charge in [-0.3, -0.25) is 4.79 Å². The van der Waals surface area contributed by atoms with Crippen molar-refractivity contribution >= 4 is 29.1 Å². The molecule has 0 aromatic carbocycles. The molecule has 1 amide bonds. The van der Waals surface area contributed by atoms with Gasteiger partial charge in [-0.15, -0.1) is 23.2 Å². The average molecular weight is 242 g/mol. The molecule has 1 aliphatic carbocycles. The lowest BCUT2D eigenvalue weighted by Crippen LogP contribution is -2.45. The summed E-state index contributed by atoms with van der Waals surface area (Å²) in [5.74, 6) is -0.756. The van der Waals surface area contributed by atoms with Gasteiger partial charge in [-0.05, 0) is 13.3 Å². The Morgan fingerprint density at radius 1 is 1.71 bits per heavy atom. The largest absolute Gasteiger partial charge is 0.394 e. The minimum atomic E-state index is -0.969. The molecule has 0 aromatic rings. The number of carbonyl (C=O) groups is 1. The van der Waals surface area contributed by atoms with Crippen molar-refractivity contribution in [2.45, 2.75) is 29.8 Å². The molecule has 0 aliphatic heterocycles. The lowest BCUT2D eigenvalue weighted by atomic mass is 10.2. The number of aliphatic hydroxyl groups excluding tert-OH is 2. The number of amides is 1. The van der Waals surface area contributed by atoms with Crippen LogP contribution in [-0.2, 0) is 4.79 Å². The van der Waals surface area contributed by atoms with Crippen molar-refractivity contribution in [3.63, 3.8) is 0 Å². The first-order chi connectivity index (χ1) is 6.38. The summed E-state index contributed by atoms with van der Waals surface area (Å²) in [6, 6.07) is -0.660. The number of carbonyl (C=O) groups excluding carboxylic acids is 1. The first-order valence-corrected chi connectivity index (χ1v) is 5.11. The van der Waals surface area contributed by atoms with E-state index in [4.69, 9.17) is 33.4 Å². The number of aliphatic hydroxyl groups is 2. The maximum Gasteiger partial charge on any atom is 0.226 e. The van der Waals surface area contributed by atoms with Crippen molar-refractivity contribution in [1.29, 1.82) is 0 Å². The minimum Gasteiger partial charge on any atom is -0.394 e. The van der Waals surface area contributed by atoms with Crippen LogP contribution >= 0.6 is 23.2 Å². The first kappa shape index (κ1) is 12.0. The quantitative estimate of drug-likeness (QED) is 0.609. The maximum absolute atomic E-state index is 11.4. The summed E-state index contributed by atoms with van der Waals surface area (Å²) in [6.45, 7) is 1.18. The molecule has 82 valence electrons. The van der Waals surface area contributed by atoms with Gasteiger partial charge in [0.05, 0.1) is 24.7 Å². The zero-order valence-corrected chi connectivity index (χ0v) is 9.22. The topological polar surface area (TPSA) is 69.6 Å². The number of hydrogen-bond donors (Lipinski definition) is 3. The molecule has 0 saturated heterocycles. The van der Waals surface area contributed by atoms with Crippen molar-refractivity contribution in [2.75, 3.05) is 6.61 Å². The molecule has 1 fully saturated rings. The zero-order valence-electron chi connectivity index (χ0n) is 7.70. The predicted molar refractivity (Wildman–Crippen MR) is 53.2 cm³/mol. The number of hydrogen-bond acceptors (Lipinski definition) is 3. The fourth-order valence-electron chi connectivity index (χ4n) is 1.10. The second-order valence-corrected chi connectivity index (χ2v) is 5.10. The Hall–Kier alpha value is -0.0300. The van der Waals surface area contributed by atoms with Crippen molar-refractivity contribution < 1.29 is 15.0 Å². The first-order valence-electron chi connectivity index (χ1n) is 4.35. The van der Waals surface area contributed by atoms with E-state index < -0.39 is 22.4 Å². The van der Waals surface area contributed by atoms with Gasteiger partial charge in [0, 0.05) is 0 Å². The Labute approximate surface area is 92.2 Å². The van der Waals surface area contributed by atoms with Crippen LogP contribution in [0.5, 0.6) is 0 Å². The van der Waals surface area contributed by atoms with E-state index in [9.17, 15) is 4.79 Å². The molecule has 4 nitrogen and oxygen atoms in total. The molecule has 0 radical (unpaired) electrons. The molecule has 1 rings (SSSR count). The normalized spacial score (nSPS) is 27.9. The molecule has 0 spiro atoms. The lowest BCUT2D eigenvalue weighted by molar-refractivity contribution is -0.124. The van der Waals surface area contributed by atoms with Gasteiger partial charge in [0.25, 0.3) is 0 Å². The Morgan fingerprint density at radius 3 is 2.50 bits per heavy atom. The number of halogens is 2. The molecule has 3 N–H and O–H groups in total. The molecular formula is C8H13Cl2NO3. The standard InChI is InChI=1S/C8H13Cl2NO3/c1-4(13)6(3-12)11-7(14)5-2-8(5,9)10/h4-6,12-13H,2-3H2,1H3,(H,11,14)/t4-,5?,6-/m1/s1. The highest BCUT2D eigenvalue weighted by atomic mass is 35.5. The van der Waals surface area contributed by atoms with Gasteiger partial charge >= 0.3 is 0 Å². The highest BCUT2D eigenvalue weighted by Gasteiger charge is 2.56. The second-order valence-electron chi connectivity index (χ2n) is 3.56. The van der Waals surface area contributed by atoms with Crippen LogP contribution in [0.15, 0.2) is 0 Å². The molecule has 6 heteroatoms. The van der Waals surface area contributed by atoms with Gasteiger partial charge < -0.3 is 15.5 Å². The lowest BCUT2D eigenvalue weighted by Gasteiger charge is -2.18. The van der Waals surface area contributed by atoms with E-state index in [1.807, 2.05) is 0 Å². The maximum atomic E-state index is 11.4. The van der Waals surface area contributed by atoms with E-state index in [0.29, 0.717) is 6.42 Å². The van der Waals surface area contributed by atoms with Crippen LogP contribution in [0.25, 0.3) is 0 Å². The summed E-state index contributed by atoms with van der Waals surface area (Å²) in [7, 11) is 0. The SMILES string of the molecule is C[C@@H](O)[C@@H](CO)NC(=O)C1CC1(Cl)Cl. The molecular weight excluding hydrogens is 229 g/mol. The third kappa shape index (κ3) is 2.73. The average Bonchev–Trinajstić information content (AvgIpc) is 2.70. The van der Waals surface area contributed by atoms with Crippen LogP contribution in [0.2, 0.25) is 0 Å². The van der Waals surface area contributed by atoms with E-state index in [1.54, 1.807) is 0 Å². The van der Waals surface area contributed by atoms with E-state index in [2.05, 4.69) is 5.32 Å². The van der Waals surface area contributed by atoms with Crippen molar-refractivity contribution in [1.82, 2.24) is 5.32 Å². The molecule has 3 atom stereocenters. The molecule has 14 heavy (non-hydrogen) atoms. The molecule has 1 aliphatic rings. The molecule has 1 unspecified atom stereocenters. The van der Waals surface area contributed by atoms with Gasteiger partial charge in [0.15, 0.2) is 0 Å². The van der Waals surface area contributed by atoms with E-state index in [1.165, 1.54) is 6.92 Å². The zero-order chi connectivity index (χ0) is 10.9. The Bertz CT molecular complexity index is 233. The number of alkyl halides is 2. The Balaban J connectivity index is 2.41. The molecule has 0 bridgehead atoms. The Kier molecular flexibility index (Phi) is 3.63. The predicted octanol–water partition coefficient (Wildman–Crippen LogP) is 0.0381. The molecule has 0 heterocycles. The van der Waals surface area contributed by atoms with Gasteiger partial charge in [0.2, 0.25) is 5.91 Å². The van der Waals surface area contributed by atoms with Gasteiger partial charge in [-0.1, -0.05) is 0 Å². The van der Waals surface area contributed by atoms with Crippen molar-refractivity contribution in [2.24, 2.45) is 5.92 Å². The van der Waals surface area contributed by atoms with Crippen LogP contribution in [0.3, 0.4) is 0 Å². The fourth-order valence-corrected chi connectivity index (χ4v) is 1.61. The third-order valence-electron chi connectivity index (χ3n) is 2.25. The van der Waals surface area contributed by atoms with E-state index in [-0.39, 0.29) is 12.5 Å². The van der Waals surface area contributed by atoms with Crippen LogP contribution < -0.4 is 5.32 Å². The number of nitrogens with one attached hydrogen (secondary N) is 1. The van der Waals surface area contributed by atoms with Gasteiger partial charge in [0.1, 0.15) is 4.33 Å². The fraction of sp³-hybridized carbons (Fsp3) is 0.875. The summed E-state index contributed by atoms with van der Waals surface area (Å²) in [4.78, 5) is 11.4. The smallest absolute Gasteiger partial charge is 0.226 e. The number of rotatable bonds is 4.